The first kappa shape index (κ1) is 13.9. The number of fused-ring (bicyclic) bond motifs is 2. The zero-order chi connectivity index (χ0) is 14.4. The monoisotopic (exact) mass is 310 g/mol. The predicted octanol–water partition coefficient (Wildman–Crippen LogP) is 1.30. The van der Waals surface area contributed by atoms with E-state index in [-0.39, 0.29) is 23.2 Å². The summed E-state index contributed by atoms with van der Waals surface area (Å²) in [5, 5.41) is 14.6. The number of aliphatic imine (C=N–C) groups is 1. The summed E-state index contributed by atoms with van der Waals surface area (Å²) in [4.78, 5) is 16.5. The molecule has 5 rings (SSSR count). The van der Waals surface area contributed by atoms with E-state index in [1.165, 1.54) is 32.1 Å². The largest absolute Gasteiger partial charge is 0.457 e. The fourth-order valence-electron chi connectivity index (χ4n) is 4.08. The molecule has 3 heterocycles. The minimum atomic E-state index is -0.545. The number of hydrogen-bond donors (Lipinski definition) is 2. The van der Waals surface area contributed by atoms with Crippen molar-refractivity contribution in [3.05, 3.63) is 0 Å². The van der Waals surface area contributed by atoms with Crippen LogP contribution in [0.4, 0.5) is 0 Å². The average Bonchev–Trinajstić information content (AvgIpc) is 2.93. The summed E-state index contributed by atoms with van der Waals surface area (Å²) in [6.45, 7) is 0.984. The van der Waals surface area contributed by atoms with Crippen molar-refractivity contribution in [2.24, 2.45) is 16.8 Å². The molecule has 2 bridgehead atoms. The van der Waals surface area contributed by atoms with Crippen molar-refractivity contribution in [1.82, 2.24) is 5.32 Å². The fraction of sp³-hybridized carbons (Fsp3) is 0.867. The van der Waals surface area contributed by atoms with Gasteiger partial charge in [-0.2, -0.15) is 0 Å². The molecular formula is C15H22N2O3S. The fourth-order valence-corrected chi connectivity index (χ4v) is 5.43. The molecule has 0 aromatic rings. The molecule has 3 aliphatic heterocycles. The lowest BCUT2D eigenvalue weighted by molar-refractivity contribution is -0.184. The van der Waals surface area contributed by atoms with Crippen molar-refractivity contribution < 1.29 is 14.6 Å². The van der Waals surface area contributed by atoms with Crippen molar-refractivity contribution >= 4 is 22.9 Å². The van der Waals surface area contributed by atoms with Crippen LogP contribution >= 0.6 is 11.8 Å². The minimum absolute atomic E-state index is 0.0599. The number of amidine groups is 1. The zero-order valence-corrected chi connectivity index (χ0v) is 12.8. The van der Waals surface area contributed by atoms with Crippen LogP contribution in [0.5, 0.6) is 0 Å². The van der Waals surface area contributed by atoms with Crippen LogP contribution in [0.25, 0.3) is 0 Å². The number of nitrogens with one attached hydrogen (secondary N) is 1. The van der Waals surface area contributed by atoms with Crippen LogP contribution < -0.4 is 5.32 Å². The van der Waals surface area contributed by atoms with Gasteiger partial charge >= 0.3 is 5.97 Å². The second-order valence-corrected chi connectivity index (χ2v) is 7.87. The van der Waals surface area contributed by atoms with Crippen LogP contribution in [0.1, 0.15) is 38.5 Å². The Morgan fingerprint density at radius 2 is 2.14 bits per heavy atom. The number of nitrogens with zero attached hydrogens (tertiary/aromatic N) is 1. The topological polar surface area (TPSA) is 70.9 Å². The van der Waals surface area contributed by atoms with Gasteiger partial charge in [0.05, 0.1) is 17.3 Å². The Bertz CT molecular complexity index is 464. The number of ether oxygens (including phenoxy) is 1. The van der Waals surface area contributed by atoms with Crippen LogP contribution in [-0.2, 0) is 9.53 Å². The summed E-state index contributed by atoms with van der Waals surface area (Å²) in [6.07, 6.45) is 6.23. The van der Waals surface area contributed by atoms with Gasteiger partial charge in [-0.1, -0.05) is 31.0 Å². The van der Waals surface area contributed by atoms with Gasteiger partial charge in [0.2, 0.25) is 0 Å². The molecule has 0 aromatic heterocycles. The van der Waals surface area contributed by atoms with E-state index in [2.05, 4.69) is 5.32 Å². The van der Waals surface area contributed by atoms with Gasteiger partial charge in [-0.15, -0.1) is 0 Å². The van der Waals surface area contributed by atoms with Crippen molar-refractivity contribution in [2.45, 2.75) is 62.0 Å². The number of hydrogen-bond acceptors (Lipinski definition) is 6. The van der Waals surface area contributed by atoms with Crippen molar-refractivity contribution in [3.8, 4) is 0 Å². The van der Waals surface area contributed by atoms with E-state index in [9.17, 15) is 9.90 Å². The number of aliphatic hydroxyl groups is 1. The molecule has 0 unspecified atom stereocenters. The van der Waals surface area contributed by atoms with Crippen LogP contribution in [0.15, 0.2) is 4.99 Å². The van der Waals surface area contributed by atoms with Gasteiger partial charge < -0.3 is 15.2 Å². The van der Waals surface area contributed by atoms with E-state index in [0.29, 0.717) is 6.42 Å². The van der Waals surface area contributed by atoms with E-state index in [0.717, 1.165) is 17.6 Å². The molecule has 0 spiro atoms. The maximum absolute atomic E-state index is 11.8. The van der Waals surface area contributed by atoms with Gasteiger partial charge in [0.15, 0.2) is 11.3 Å². The molecule has 0 aromatic carbocycles. The van der Waals surface area contributed by atoms with Crippen LogP contribution in [0.2, 0.25) is 0 Å². The minimum Gasteiger partial charge on any atom is -0.457 e. The highest BCUT2D eigenvalue weighted by Gasteiger charge is 2.57. The predicted molar refractivity (Wildman–Crippen MR) is 81.2 cm³/mol. The number of carbonyl (C=O) groups excluding carboxylic acids is 1. The lowest BCUT2D eigenvalue weighted by Crippen LogP contribution is -2.59. The number of thioether (sulfide) groups is 1. The molecule has 5 aliphatic rings. The molecule has 0 amide bonds. The molecular weight excluding hydrogens is 288 g/mol. The Morgan fingerprint density at radius 3 is 2.95 bits per heavy atom. The van der Waals surface area contributed by atoms with Crippen LogP contribution in [0.3, 0.4) is 0 Å². The van der Waals surface area contributed by atoms with Crippen LogP contribution in [-0.4, -0.2) is 46.3 Å². The van der Waals surface area contributed by atoms with Gasteiger partial charge in [0.1, 0.15) is 6.04 Å². The van der Waals surface area contributed by atoms with Gasteiger partial charge in [0.25, 0.3) is 0 Å². The summed E-state index contributed by atoms with van der Waals surface area (Å²) in [7, 11) is 0. The molecule has 6 heteroatoms. The molecule has 5 nitrogen and oxygen atoms in total. The molecule has 116 valence electrons. The highest BCUT2D eigenvalue weighted by molar-refractivity contribution is 8.14. The van der Waals surface area contributed by atoms with Crippen LogP contribution in [0, 0.1) is 11.8 Å². The third-order valence-corrected chi connectivity index (χ3v) is 6.63. The Balaban J connectivity index is 1.39. The maximum Gasteiger partial charge on any atom is 0.310 e. The Morgan fingerprint density at radius 1 is 1.33 bits per heavy atom. The Labute approximate surface area is 128 Å². The normalized spacial score (nSPS) is 42.4. The number of aliphatic hydroxyl groups excluding tert-OH is 1. The van der Waals surface area contributed by atoms with E-state index < -0.39 is 12.2 Å². The standard InChI is InChI=1S/C15H22N2O3S/c18-10-6-9-13-11(12(10)20-14(9)19)17-15(21-13)16-7-8-4-2-1-3-5-8/h8-13,18H,1-7H2,(H,16,17)/t9-,10-,11+,12-,13+/m1/s1. The molecule has 4 fully saturated rings. The van der Waals surface area contributed by atoms with E-state index in [4.69, 9.17) is 9.73 Å². The molecule has 2 N–H and O–H groups in total. The summed E-state index contributed by atoms with van der Waals surface area (Å²) in [5.41, 5.74) is 0. The summed E-state index contributed by atoms with van der Waals surface area (Å²) < 4.78 is 5.32. The average molecular weight is 310 g/mol. The highest BCUT2D eigenvalue weighted by atomic mass is 32.2. The third kappa shape index (κ3) is 2.46. The van der Waals surface area contributed by atoms with Gasteiger partial charge in [-0.05, 0) is 25.2 Å². The van der Waals surface area contributed by atoms with Gasteiger partial charge in [-0.3, -0.25) is 9.79 Å². The van der Waals surface area contributed by atoms with Crippen molar-refractivity contribution in [3.63, 3.8) is 0 Å². The third-order valence-electron chi connectivity index (χ3n) is 5.28. The van der Waals surface area contributed by atoms with Crippen molar-refractivity contribution in [2.75, 3.05) is 6.54 Å². The Hall–Kier alpha value is -0.750. The van der Waals surface area contributed by atoms with E-state index >= 15 is 0 Å². The second-order valence-electron chi connectivity index (χ2n) is 6.70. The first-order valence-corrected chi connectivity index (χ1v) is 8.97. The lowest BCUT2D eigenvalue weighted by atomic mass is 9.78. The zero-order valence-electron chi connectivity index (χ0n) is 12.0. The summed E-state index contributed by atoms with van der Waals surface area (Å²) in [6, 6.07) is -0.0599. The molecule has 0 radical (unpaired) electrons. The van der Waals surface area contributed by atoms with E-state index in [1.807, 2.05) is 0 Å². The van der Waals surface area contributed by atoms with E-state index in [1.54, 1.807) is 11.8 Å². The second kappa shape index (κ2) is 5.47. The number of esters is 1. The first-order chi connectivity index (χ1) is 10.2. The molecule has 2 saturated carbocycles. The lowest BCUT2D eigenvalue weighted by Gasteiger charge is -2.44. The van der Waals surface area contributed by atoms with Gasteiger partial charge in [-0.25, -0.2) is 0 Å². The summed E-state index contributed by atoms with van der Waals surface area (Å²) >= 11 is 1.68. The molecule has 2 saturated heterocycles. The number of carbonyl (C=O) groups is 1. The Kier molecular flexibility index (Phi) is 3.61. The molecule has 2 aliphatic carbocycles. The maximum atomic E-state index is 11.8. The highest BCUT2D eigenvalue weighted by Crippen LogP contribution is 2.46. The molecule has 5 atom stereocenters. The van der Waals surface area contributed by atoms with Crippen molar-refractivity contribution in [1.29, 1.82) is 0 Å². The first-order valence-electron chi connectivity index (χ1n) is 8.09. The smallest absolute Gasteiger partial charge is 0.310 e. The number of rotatable bonds is 2. The summed E-state index contributed by atoms with van der Waals surface area (Å²) in [5.74, 6) is 0.408. The molecule has 21 heavy (non-hydrogen) atoms. The SMILES string of the molecule is O=C1O[C@H]2[C@@H]3N=C(NCC4CCCCC4)S[C@H]3[C@H]1C[C@H]2O. The quantitative estimate of drug-likeness (QED) is 0.752. The van der Waals surface area contributed by atoms with Gasteiger partial charge in [0, 0.05) is 6.54 Å².